The van der Waals surface area contributed by atoms with Crippen molar-refractivity contribution in [2.75, 3.05) is 5.73 Å². The summed E-state index contributed by atoms with van der Waals surface area (Å²) in [4.78, 5) is 12.6. The van der Waals surface area contributed by atoms with Crippen molar-refractivity contribution < 1.29 is 9.53 Å². The van der Waals surface area contributed by atoms with E-state index >= 15 is 0 Å². The molecule has 4 nitrogen and oxygen atoms in total. The first-order valence-corrected chi connectivity index (χ1v) is 13.2. The average molecular weight is 493 g/mol. The fourth-order valence-electron chi connectivity index (χ4n) is 5.56. The highest BCUT2D eigenvalue weighted by Crippen LogP contribution is 2.41. The lowest BCUT2D eigenvalue weighted by Crippen LogP contribution is -2.32. The van der Waals surface area contributed by atoms with Gasteiger partial charge in [-0.05, 0) is 116 Å². The predicted molar refractivity (Wildman–Crippen MR) is 153 cm³/mol. The normalized spacial score (nSPS) is 17.0. The van der Waals surface area contributed by atoms with Gasteiger partial charge in [0.2, 0.25) is 0 Å². The topological polar surface area (TPSA) is 64.3 Å². The van der Waals surface area contributed by atoms with Gasteiger partial charge < -0.3 is 15.8 Å². The Bertz CT molecular complexity index is 1350. The Balaban J connectivity index is 0.000000212. The van der Waals surface area contributed by atoms with E-state index in [1.54, 1.807) is 0 Å². The van der Waals surface area contributed by atoms with E-state index < -0.39 is 5.60 Å². The van der Waals surface area contributed by atoms with Crippen molar-refractivity contribution in [3.8, 4) is 11.1 Å². The van der Waals surface area contributed by atoms with Gasteiger partial charge in [0, 0.05) is 18.1 Å². The summed E-state index contributed by atoms with van der Waals surface area (Å²) in [7, 11) is 0. The Kier molecular flexibility index (Phi) is 6.92. The fourth-order valence-corrected chi connectivity index (χ4v) is 5.56. The molecule has 0 spiro atoms. The number of nitrogens with two attached hydrogens (primary N) is 1. The van der Waals surface area contributed by atoms with Crippen molar-refractivity contribution >= 4 is 23.8 Å². The third-order valence-corrected chi connectivity index (χ3v) is 7.32. The van der Waals surface area contributed by atoms with Crippen LogP contribution < -0.4 is 11.1 Å². The molecule has 0 radical (unpaired) electrons. The zero-order chi connectivity index (χ0) is 26.0. The summed E-state index contributed by atoms with van der Waals surface area (Å²) in [6, 6.07) is 19.0. The second-order valence-electron chi connectivity index (χ2n) is 11.0. The van der Waals surface area contributed by atoms with Crippen LogP contribution in [-0.4, -0.2) is 11.6 Å². The first-order chi connectivity index (χ1) is 17.8. The van der Waals surface area contributed by atoms with Crippen LogP contribution in [0.2, 0.25) is 0 Å². The molecule has 6 rings (SSSR count). The van der Waals surface area contributed by atoms with Gasteiger partial charge in [-0.1, -0.05) is 48.5 Å². The molecule has 37 heavy (non-hydrogen) atoms. The number of hydrogen-bond donors (Lipinski definition) is 2. The quantitative estimate of drug-likeness (QED) is 0.293. The van der Waals surface area contributed by atoms with Crippen LogP contribution in [0.3, 0.4) is 0 Å². The maximum atomic E-state index is 12.6. The van der Waals surface area contributed by atoms with Gasteiger partial charge in [-0.2, -0.15) is 0 Å². The molecule has 4 heteroatoms. The van der Waals surface area contributed by atoms with E-state index in [9.17, 15) is 4.79 Å². The van der Waals surface area contributed by atoms with E-state index in [-0.39, 0.29) is 11.9 Å². The van der Waals surface area contributed by atoms with Gasteiger partial charge in [-0.3, -0.25) is 4.79 Å². The number of ether oxygens (including phenoxy) is 1. The van der Waals surface area contributed by atoms with Gasteiger partial charge in [0.05, 0.1) is 5.92 Å². The molecule has 3 N–H and O–H groups in total. The molecular weight excluding hydrogens is 456 g/mol. The molecule has 0 fully saturated rings. The summed E-state index contributed by atoms with van der Waals surface area (Å²) in [5.41, 5.74) is 17.2. The smallest absolute Gasteiger partial charge is 0.309 e. The van der Waals surface area contributed by atoms with E-state index in [1.807, 2.05) is 57.4 Å². The number of benzene rings is 3. The van der Waals surface area contributed by atoms with Crippen molar-refractivity contribution in [2.45, 2.75) is 58.5 Å². The van der Waals surface area contributed by atoms with E-state index in [4.69, 9.17) is 10.5 Å². The van der Waals surface area contributed by atoms with Gasteiger partial charge in [0.15, 0.2) is 0 Å². The van der Waals surface area contributed by atoms with Crippen LogP contribution >= 0.6 is 0 Å². The van der Waals surface area contributed by atoms with Crippen LogP contribution in [0.5, 0.6) is 0 Å². The number of hydrogen-bond acceptors (Lipinski definition) is 4. The number of aryl methyl sites for hydroxylation is 1. The molecule has 1 heterocycles. The van der Waals surface area contributed by atoms with Crippen molar-refractivity contribution in [1.29, 1.82) is 0 Å². The average Bonchev–Trinajstić information content (AvgIpc) is 3.13. The highest BCUT2D eigenvalue weighted by molar-refractivity contribution is 5.80. The standard InChI is InChI=1S/C23H27NO2.C10H9N/c1-23(2,3)26-22(25)15-8-7-14-9-10-17-16-5-4-6-21(24)19(16)12-11-18(17)20(14)13-15;1-2-4-10-6-8-11-7-5-9(10)3-1/h4-6,9-10,15H,7-8,11-13,24H2,1-3H3;1-8,11H. The maximum absolute atomic E-state index is 12.6. The number of fused-ring (bicyclic) bond motifs is 6. The summed E-state index contributed by atoms with van der Waals surface area (Å²) in [6.45, 7) is 5.81. The number of nitrogen functional groups attached to an aromatic ring is 1. The van der Waals surface area contributed by atoms with Gasteiger partial charge in [-0.25, -0.2) is 0 Å². The minimum Gasteiger partial charge on any atom is -0.460 e. The molecule has 0 amide bonds. The number of nitrogens with one attached hydrogen (secondary N) is 1. The third kappa shape index (κ3) is 5.48. The zero-order valence-corrected chi connectivity index (χ0v) is 22.0. The van der Waals surface area contributed by atoms with Crippen molar-refractivity contribution in [3.05, 3.63) is 100 Å². The molecule has 1 atom stereocenters. The molecule has 0 saturated heterocycles. The Hall–Kier alpha value is -3.79. The summed E-state index contributed by atoms with van der Waals surface area (Å²) in [5, 5.41) is 3.03. The number of carbonyl (C=O) groups excluding carboxylic acids is 1. The summed E-state index contributed by atoms with van der Waals surface area (Å²) < 4.78 is 5.65. The SMILES string of the molecule is C1=Cc2ccccc2C=CN1.CC(C)(C)OC(=O)C1CCc2ccc3c(c2C1)CCc1c(N)cccc1-3. The second kappa shape index (κ2) is 10.3. The molecule has 1 unspecified atom stereocenters. The number of rotatable bonds is 1. The number of carbonyl (C=O) groups is 1. The lowest BCUT2D eigenvalue weighted by molar-refractivity contribution is -0.160. The molecule has 3 aromatic carbocycles. The highest BCUT2D eigenvalue weighted by Gasteiger charge is 2.32. The summed E-state index contributed by atoms with van der Waals surface area (Å²) >= 11 is 0. The lowest BCUT2D eigenvalue weighted by Gasteiger charge is -2.31. The summed E-state index contributed by atoms with van der Waals surface area (Å²) in [6.07, 6.45) is 12.6. The van der Waals surface area contributed by atoms with Crippen molar-refractivity contribution in [2.24, 2.45) is 5.92 Å². The van der Waals surface area contributed by atoms with E-state index in [2.05, 4.69) is 47.8 Å². The van der Waals surface area contributed by atoms with Gasteiger partial charge in [-0.15, -0.1) is 0 Å². The molecule has 0 bridgehead atoms. The van der Waals surface area contributed by atoms with Crippen LogP contribution in [0.25, 0.3) is 23.3 Å². The minimum atomic E-state index is -0.427. The molecular formula is C33H36N2O2. The van der Waals surface area contributed by atoms with E-state index in [0.717, 1.165) is 37.8 Å². The minimum absolute atomic E-state index is 0.0320. The second-order valence-corrected chi connectivity index (χ2v) is 11.0. The maximum Gasteiger partial charge on any atom is 0.309 e. The third-order valence-electron chi connectivity index (χ3n) is 7.32. The van der Waals surface area contributed by atoms with Crippen molar-refractivity contribution in [3.63, 3.8) is 0 Å². The van der Waals surface area contributed by atoms with Gasteiger partial charge >= 0.3 is 5.97 Å². The number of anilines is 1. The number of esters is 1. The molecule has 0 saturated carbocycles. The van der Waals surface area contributed by atoms with Crippen LogP contribution in [-0.2, 0) is 35.2 Å². The molecule has 190 valence electrons. The van der Waals surface area contributed by atoms with Gasteiger partial charge in [0.1, 0.15) is 5.60 Å². The van der Waals surface area contributed by atoms with Crippen molar-refractivity contribution in [1.82, 2.24) is 5.32 Å². The lowest BCUT2D eigenvalue weighted by atomic mass is 9.75. The van der Waals surface area contributed by atoms with Crippen LogP contribution in [0.15, 0.2) is 67.0 Å². The first kappa shape index (κ1) is 24.9. The van der Waals surface area contributed by atoms with Crippen LogP contribution in [0.1, 0.15) is 60.6 Å². The Morgan fingerprint density at radius 2 is 1.51 bits per heavy atom. The molecule has 3 aromatic rings. The molecule has 0 aromatic heterocycles. The largest absolute Gasteiger partial charge is 0.460 e. The summed E-state index contributed by atoms with van der Waals surface area (Å²) in [5.74, 6) is -0.0864. The van der Waals surface area contributed by atoms with E-state index in [0.29, 0.717) is 0 Å². The Morgan fingerprint density at radius 3 is 2.22 bits per heavy atom. The highest BCUT2D eigenvalue weighted by atomic mass is 16.6. The van der Waals surface area contributed by atoms with E-state index in [1.165, 1.54) is 44.5 Å². The Labute approximate surface area is 220 Å². The molecule has 2 aliphatic carbocycles. The van der Waals surface area contributed by atoms with Gasteiger partial charge in [0.25, 0.3) is 0 Å². The van der Waals surface area contributed by atoms with Crippen LogP contribution in [0, 0.1) is 5.92 Å². The predicted octanol–water partition coefficient (Wildman–Crippen LogP) is 6.71. The molecule has 1 aliphatic heterocycles. The molecule has 3 aliphatic rings. The zero-order valence-electron chi connectivity index (χ0n) is 22.0. The fraction of sp³-hybridized carbons (Fsp3) is 0.303. The van der Waals surface area contributed by atoms with Crippen LogP contribution in [0.4, 0.5) is 5.69 Å². The Morgan fingerprint density at radius 1 is 0.838 bits per heavy atom. The first-order valence-electron chi connectivity index (χ1n) is 13.2. The monoisotopic (exact) mass is 492 g/mol.